The average Bonchev–Trinajstić information content (AvgIpc) is 2.93. The molecule has 3 rings (SSSR count). The van der Waals surface area contributed by atoms with E-state index in [9.17, 15) is 0 Å². The molecule has 4 heteroatoms. The minimum absolute atomic E-state index is 0.383. The van der Waals surface area contributed by atoms with Gasteiger partial charge in [0.25, 0.3) is 0 Å². The van der Waals surface area contributed by atoms with Gasteiger partial charge < -0.3 is 10.1 Å². The van der Waals surface area contributed by atoms with Crippen molar-refractivity contribution in [2.45, 2.75) is 25.8 Å². The van der Waals surface area contributed by atoms with Gasteiger partial charge in [-0.3, -0.25) is 0 Å². The third-order valence-corrected chi connectivity index (χ3v) is 4.72. The van der Waals surface area contributed by atoms with Gasteiger partial charge in [-0.1, -0.05) is 6.07 Å². The van der Waals surface area contributed by atoms with Gasteiger partial charge in [0.2, 0.25) is 0 Å². The summed E-state index contributed by atoms with van der Waals surface area (Å²) in [6.45, 7) is 5.16. The van der Waals surface area contributed by atoms with Gasteiger partial charge in [0.1, 0.15) is 0 Å². The fourth-order valence-electron chi connectivity index (χ4n) is 2.56. The standard InChI is InChI=1S/C15H20N2OS/c1-11(16-9-12-4-6-18-7-5-12)13-2-3-15-14(8-13)17-10-19-15/h2-3,8,10-12,16H,4-7,9H2,1H3. The zero-order valence-electron chi connectivity index (χ0n) is 11.3. The molecule has 1 aromatic heterocycles. The van der Waals surface area contributed by atoms with Crippen LogP contribution in [-0.2, 0) is 4.74 Å². The molecule has 102 valence electrons. The first kappa shape index (κ1) is 13.0. The summed E-state index contributed by atoms with van der Waals surface area (Å²) in [5.41, 5.74) is 4.35. The molecule has 1 saturated heterocycles. The van der Waals surface area contributed by atoms with E-state index in [1.165, 1.54) is 23.1 Å². The average molecular weight is 276 g/mol. The van der Waals surface area contributed by atoms with E-state index in [0.29, 0.717) is 6.04 Å². The van der Waals surface area contributed by atoms with Gasteiger partial charge in [0, 0.05) is 19.3 Å². The maximum Gasteiger partial charge on any atom is 0.0815 e. The highest BCUT2D eigenvalue weighted by molar-refractivity contribution is 7.16. The van der Waals surface area contributed by atoms with Crippen molar-refractivity contribution in [2.75, 3.05) is 19.8 Å². The number of ether oxygens (including phenoxy) is 1. The first-order valence-corrected chi connectivity index (χ1v) is 7.85. The van der Waals surface area contributed by atoms with E-state index in [0.717, 1.165) is 31.2 Å². The van der Waals surface area contributed by atoms with E-state index in [-0.39, 0.29) is 0 Å². The summed E-state index contributed by atoms with van der Waals surface area (Å²) < 4.78 is 6.66. The van der Waals surface area contributed by atoms with Crippen molar-refractivity contribution < 1.29 is 4.74 Å². The summed E-state index contributed by atoms with van der Waals surface area (Å²) in [6.07, 6.45) is 2.37. The second-order valence-corrected chi connectivity index (χ2v) is 6.15. The molecule has 1 unspecified atom stereocenters. The highest BCUT2D eigenvalue weighted by Gasteiger charge is 2.15. The van der Waals surface area contributed by atoms with Crippen molar-refractivity contribution in [1.82, 2.24) is 10.3 Å². The third-order valence-electron chi connectivity index (χ3n) is 3.91. The first-order valence-electron chi connectivity index (χ1n) is 6.97. The van der Waals surface area contributed by atoms with E-state index in [2.05, 4.69) is 35.4 Å². The van der Waals surface area contributed by atoms with E-state index in [4.69, 9.17) is 4.74 Å². The summed E-state index contributed by atoms with van der Waals surface area (Å²) >= 11 is 1.70. The van der Waals surface area contributed by atoms with Crippen molar-refractivity contribution in [3.63, 3.8) is 0 Å². The minimum Gasteiger partial charge on any atom is -0.381 e. The number of thiazole rings is 1. The maximum atomic E-state index is 5.40. The number of hydrogen-bond donors (Lipinski definition) is 1. The Kier molecular flexibility index (Phi) is 4.11. The smallest absolute Gasteiger partial charge is 0.0815 e. The van der Waals surface area contributed by atoms with Crippen molar-refractivity contribution in [1.29, 1.82) is 0 Å². The zero-order valence-corrected chi connectivity index (χ0v) is 12.1. The molecule has 1 atom stereocenters. The fraction of sp³-hybridized carbons (Fsp3) is 0.533. The minimum atomic E-state index is 0.383. The summed E-state index contributed by atoms with van der Waals surface area (Å²) in [6, 6.07) is 6.97. The highest BCUT2D eigenvalue weighted by atomic mass is 32.1. The summed E-state index contributed by atoms with van der Waals surface area (Å²) in [5, 5.41) is 3.65. The second kappa shape index (κ2) is 5.99. The van der Waals surface area contributed by atoms with Crippen LogP contribution in [0.1, 0.15) is 31.4 Å². The Bertz CT molecular complexity index is 534. The monoisotopic (exact) mass is 276 g/mol. The summed E-state index contributed by atoms with van der Waals surface area (Å²) in [4.78, 5) is 4.39. The van der Waals surface area contributed by atoms with Crippen LogP contribution >= 0.6 is 11.3 Å². The molecule has 1 aromatic carbocycles. The van der Waals surface area contributed by atoms with E-state index < -0.39 is 0 Å². The molecule has 2 heterocycles. The number of hydrogen-bond acceptors (Lipinski definition) is 4. The van der Waals surface area contributed by atoms with Crippen LogP contribution in [0.3, 0.4) is 0 Å². The van der Waals surface area contributed by atoms with Crippen molar-refractivity contribution >= 4 is 21.6 Å². The normalized spacial score (nSPS) is 18.8. The molecule has 0 aliphatic carbocycles. The molecule has 3 nitrogen and oxygen atoms in total. The van der Waals surface area contributed by atoms with Crippen LogP contribution in [0.4, 0.5) is 0 Å². The number of nitrogens with zero attached hydrogens (tertiary/aromatic N) is 1. The first-order chi connectivity index (χ1) is 9.33. The van der Waals surface area contributed by atoms with Crippen LogP contribution in [0.5, 0.6) is 0 Å². The van der Waals surface area contributed by atoms with Crippen LogP contribution in [0.2, 0.25) is 0 Å². The third kappa shape index (κ3) is 3.14. The number of aromatic nitrogens is 1. The lowest BCUT2D eigenvalue weighted by atomic mass is 9.99. The quantitative estimate of drug-likeness (QED) is 0.929. The predicted molar refractivity (Wildman–Crippen MR) is 79.6 cm³/mol. The van der Waals surface area contributed by atoms with Crippen molar-refractivity contribution in [2.24, 2.45) is 5.92 Å². The Balaban J connectivity index is 1.60. The molecule has 0 saturated carbocycles. The molecule has 1 aliphatic rings. The molecule has 1 fully saturated rings. The van der Waals surface area contributed by atoms with Crippen molar-refractivity contribution in [3.05, 3.63) is 29.3 Å². The Morgan fingerprint density at radius 1 is 1.42 bits per heavy atom. The molecule has 1 N–H and O–H groups in total. The van der Waals surface area contributed by atoms with Gasteiger partial charge in [0.05, 0.1) is 15.7 Å². The molecule has 19 heavy (non-hydrogen) atoms. The second-order valence-electron chi connectivity index (χ2n) is 5.27. The predicted octanol–water partition coefficient (Wildman–Crippen LogP) is 3.37. The van der Waals surface area contributed by atoms with Crippen LogP contribution in [0.15, 0.2) is 23.7 Å². The lowest BCUT2D eigenvalue weighted by Gasteiger charge is -2.24. The Hall–Kier alpha value is -0.970. The summed E-state index contributed by atoms with van der Waals surface area (Å²) in [5.74, 6) is 0.763. The molecule has 0 radical (unpaired) electrons. The van der Waals surface area contributed by atoms with Crippen LogP contribution in [0.25, 0.3) is 10.2 Å². The SMILES string of the molecule is CC(NCC1CCOCC1)c1ccc2scnc2c1. The number of fused-ring (bicyclic) bond motifs is 1. The van der Waals surface area contributed by atoms with E-state index in [1.807, 2.05) is 5.51 Å². The Labute approximate surface area is 118 Å². The molecular weight excluding hydrogens is 256 g/mol. The topological polar surface area (TPSA) is 34.1 Å². The zero-order chi connectivity index (χ0) is 13.1. The Morgan fingerprint density at radius 3 is 3.11 bits per heavy atom. The lowest BCUT2D eigenvalue weighted by Crippen LogP contribution is -2.29. The van der Waals surface area contributed by atoms with Crippen LogP contribution in [-0.4, -0.2) is 24.7 Å². The number of benzene rings is 1. The van der Waals surface area contributed by atoms with Crippen molar-refractivity contribution in [3.8, 4) is 0 Å². The number of rotatable bonds is 4. The maximum absolute atomic E-state index is 5.40. The molecule has 0 spiro atoms. The van der Waals surface area contributed by atoms with Gasteiger partial charge >= 0.3 is 0 Å². The molecule has 1 aliphatic heterocycles. The number of nitrogens with one attached hydrogen (secondary N) is 1. The van der Waals surface area contributed by atoms with Gasteiger partial charge in [-0.05, 0) is 49.9 Å². The van der Waals surface area contributed by atoms with E-state index in [1.54, 1.807) is 11.3 Å². The van der Waals surface area contributed by atoms with Gasteiger partial charge in [-0.15, -0.1) is 11.3 Å². The molecule has 0 amide bonds. The molecular formula is C15H20N2OS. The highest BCUT2D eigenvalue weighted by Crippen LogP contribution is 2.23. The fourth-order valence-corrected chi connectivity index (χ4v) is 3.21. The molecule has 0 bridgehead atoms. The molecule has 2 aromatic rings. The van der Waals surface area contributed by atoms with E-state index >= 15 is 0 Å². The lowest BCUT2D eigenvalue weighted by molar-refractivity contribution is 0.0656. The Morgan fingerprint density at radius 2 is 2.26 bits per heavy atom. The van der Waals surface area contributed by atoms with Crippen LogP contribution < -0.4 is 5.32 Å². The summed E-state index contributed by atoms with van der Waals surface area (Å²) in [7, 11) is 0. The van der Waals surface area contributed by atoms with Crippen LogP contribution in [0, 0.1) is 5.92 Å². The largest absolute Gasteiger partial charge is 0.381 e. The van der Waals surface area contributed by atoms with Gasteiger partial charge in [-0.25, -0.2) is 4.98 Å². The van der Waals surface area contributed by atoms with Gasteiger partial charge in [0.15, 0.2) is 0 Å². The van der Waals surface area contributed by atoms with Gasteiger partial charge in [-0.2, -0.15) is 0 Å².